The lowest BCUT2D eigenvalue weighted by Gasteiger charge is -2.36. The lowest BCUT2D eigenvalue weighted by molar-refractivity contribution is 0.0665. The maximum Gasteiger partial charge on any atom is 0.256 e. The van der Waals surface area contributed by atoms with E-state index < -0.39 is 0 Å². The van der Waals surface area contributed by atoms with E-state index in [4.69, 9.17) is 9.47 Å². The van der Waals surface area contributed by atoms with Crippen LogP contribution < -0.4 is 9.47 Å². The molecule has 0 aliphatic carbocycles. The molecule has 0 N–H and O–H groups in total. The van der Waals surface area contributed by atoms with Gasteiger partial charge in [0.25, 0.3) is 5.91 Å². The maximum atomic E-state index is 13.9. The molecule has 0 radical (unpaired) electrons. The Morgan fingerprint density at radius 3 is 2.97 bits per heavy atom. The number of nitrogens with zero attached hydrogens (tertiary/aromatic N) is 2. The minimum absolute atomic E-state index is 0.0223. The fourth-order valence-corrected chi connectivity index (χ4v) is 5.93. The number of carbonyl (C=O) groups excluding carboxylic acids is 1. The standard InChI is InChI=1S/C25H22N2O3S/c1-26-14-19(18-6-2-3-7-20(18)26)25(28)27-11-9-16-10-12-31-24(16)21(27)13-17-5-4-8-22-23(17)30-15-29-22/h2-8,10,12,14,21H,9,11,13,15H2,1H3. The predicted octanol–water partition coefficient (Wildman–Crippen LogP) is 4.95. The summed E-state index contributed by atoms with van der Waals surface area (Å²) >= 11 is 1.74. The summed E-state index contributed by atoms with van der Waals surface area (Å²) in [6.07, 6.45) is 3.56. The van der Waals surface area contributed by atoms with Crippen LogP contribution in [0.15, 0.2) is 60.1 Å². The molecule has 0 saturated carbocycles. The van der Waals surface area contributed by atoms with Crippen molar-refractivity contribution >= 4 is 28.1 Å². The monoisotopic (exact) mass is 430 g/mol. The minimum atomic E-state index is -0.0223. The van der Waals surface area contributed by atoms with E-state index in [1.807, 2.05) is 48.1 Å². The molecule has 2 aliphatic rings. The Bertz CT molecular complexity index is 1310. The molecule has 0 bridgehead atoms. The largest absolute Gasteiger partial charge is 0.454 e. The fraction of sp³-hybridized carbons (Fsp3) is 0.240. The van der Waals surface area contributed by atoms with Crippen LogP contribution in [0.2, 0.25) is 0 Å². The summed E-state index contributed by atoms with van der Waals surface area (Å²) in [7, 11) is 1.99. The third kappa shape index (κ3) is 2.93. The number of para-hydroxylation sites is 2. The van der Waals surface area contributed by atoms with Crippen LogP contribution in [-0.2, 0) is 19.9 Å². The number of aryl methyl sites for hydroxylation is 1. The van der Waals surface area contributed by atoms with Gasteiger partial charge in [-0.1, -0.05) is 30.3 Å². The summed E-state index contributed by atoms with van der Waals surface area (Å²) in [6.45, 7) is 0.961. The highest BCUT2D eigenvalue weighted by atomic mass is 32.1. The van der Waals surface area contributed by atoms with Gasteiger partial charge in [-0.2, -0.15) is 0 Å². The van der Waals surface area contributed by atoms with Gasteiger partial charge < -0.3 is 18.9 Å². The fourth-order valence-electron chi connectivity index (χ4n) is 4.86. The van der Waals surface area contributed by atoms with E-state index in [1.165, 1.54) is 10.4 Å². The quantitative estimate of drug-likeness (QED) is 0.462. The third-order valence-corrected chi connectivity index (χ3v) is 7.42. The molecule has 5 nitrogen and oxygen atoms in total. The van der Waals surface area contributed by atoms with E-state index in [0.29, 0.717) is 13.0 Å². The van der Waals surface area contributed by atoms with Crippen molar-refractivity contribution in [3.05, 3.63) is 81.7 Å². The molecule has 6 rings (SSSR count). The molecular formula is C25H22N2O3S. The average Bonchev–Trinajstić information content (AvgIpc) is 3.53. The topological polar surface area (TPSA) is 43.7 Å². The van der Waals surface area contributed by atoms with Crippen LogP contribution >= 0.6 is 11.3 Å². The van der Waals surface area contributed by atoms with Crippen molar-refractivity contribution in [2.24, 2.45) is 7.05 Å². The molecule has 31 heavy (non-hydrogen) atoms. The molecule has 4 heterocycles. The summed E-state index contributed by atoms with van der Waals surface area (Å²) in [5.41, 5.74) is 4.27. The van der Waals surface area contributed by atoms with Gasteiger partial charge in [-0.25, -0.2) is 0 Å². The Hall–Kier alpha value is -3.25. The van der Waals surface area contributed by atoms with Gasteiger partial charge in [0, 0.05) is 47.6 Å². The molecule has 1 unspecified atom stereocenters. The molecule has 6 heteroatoms. The van der Waals surface area contributed by atoms with Crippen molar-refractivity contribution in [1.29, 1.82) is 0 Å². The van der Waals surface area contributed by atoms with E-state index in [2.05, 4.69) is 28.5 Å². The molecule has 2 aromatic carbocycles. The predicted molar refractivity (Wildman–Crippen MR) is 121 cm³/mol. The van der Waals surface area contributed by atoms with Gasteiger partial charge in [0.1, 0.15) is 0 Å². The van der Waals surface area contributed by atoms with Gasteiger partial charge in [-0.3, -0.25) is 4.79 Å². The Morgan fingerprint density at radius 2 is 2.03 bits per heavy atom. The highest BCUT2D eigenvalue weighted by molar-refractivity contribution is 7.10. The summed E-state index contributed by atoms with van der Waals surface area (Å²) in [5.74, 6) is 1.68. The van der Waals surface area contributed by atoms with Crippen molar-refractivity contribution in [3.8, 4) is 11.5 Å². The summed E-state index contributed by atoms with van der Waals surface area (Å²) < 4.78 is 13.4. The summed E-state index contributed by atoms with van der Waals surface area (Å²) in [6, 6.07) is 16.3. The van der Waals surface area contributed by atoms with Crippen LogP contribution in [0.4, 0.5) is 0 Å². The highest BCUT2D eigenvalue weighted by Gasteiger charge is 2.34. The smallest absolute Gasteiger partial charge is 0.256 e. The van der Waals surface area contributed by atoms with Gasteiger partial charge in [-0.15, -0.1) is 11.3 Å². The zero-order valence-corrected chi connectivity index (χ0v) is 18.0. The molecule has 1 amide bonds. The normalized spacial score (nSPS) is 17.2. The van der Waals surface area contributed by atoms with Crippen LogP contribution in [0.5, 0.6) is 11.5 Å². The van der Waals surface area contributed by atoms with Crippen LogP contribution in [0.25, 0.3) is 10.9 Å². The molecular weight excluding hydrogens is 408 g/mol. The number of fused-ring (bicyclic) bond motifs is 3. The van der Waals surface area contributed by atoms with E-state index in [9.17, 15) is 4.79 Å². The third-order valence-electron chi connectivity index (χ3n) is 6.36. The SMILES string of the molecule is Cn1cc(C(=O)N2CCc3ccsc3C2Cc2cccc3c2OCO3)c2ccccc21. The second kappa shape index (κ2) is 7.17. The first-order valence-corrected chi connectivity index (χ1v) is 11.4. The van der Waals surface area contributed by atoms with E-state index >= 15 is 0 Å². The van der Waals surface area contributed by atoms with Crippen molar-refractivity contribution in [2.75, 3.05) is 13.3 Å². The first kappa shape index (κ1) is 18.5. The van der Waals surface area contributed by atoms with Gasteiger partial charge in [-0.05, 0) is 35.6 Å². The number of carbonyl (C=O) groups is 1. The molecule has 156 valence electrons. The highest BCUT2D eigenvalue weighted by Crippen LogP contribution is 2.42. The van der Waals surface area contributed by atoms with Crippen LogP contribution in [0.1, 0.15) is 32.4 Å². The average molecular weight is 431 g/mol. The Kier molecular flexibility index (Phi) is 4.28. The number of aromatic nitrogens is 1. The molecule has 0 fully saturated rings. The van der Waals surface area contributed by atoms with Gasteiger partial charge >= 0.3 is 0 Å². The van der Waals surface area contributed by atoms with E-state index in [-0.39, 0.29) is 18.7 Å². The van der Waals surface area contributed by atoms with Crippen molar-refractivity contribution in [3.63, 3.8) is 0 Å². The Morgan fingerprint density at radius 1 is 1.13 bits per heavy atom. The molecule has 0 spiro atoms. The number of thiophene rings is 1. The summed E-state index contributed by atoms with van der Waals surface area (Å²) in [5, 5.41) is 3.14. The Balaban J connectivity index is 1.42. The zero-order chi connectivity index (χ0) is 20.9. The van der Waals surface area contributed by atoms with Crippen LogP contribution in [-0.4, -0.2) is 28.7 Å². The number of rotatable bonds is 3. The molecule has 2 aromatic heterocycles. The number of hydrogen-bond donors (Lipinski definition) is 0. The van der Waals surface area contributed by atoms with Crippen molar-refractivity contribution in [1.82, 2.24) is 9.47 Å². The number of hydrogen-bond acceptors (Lipinski definition) is 4. The first-order valence-electron chi connectivity index (χ1n) is 10.5. The lowest BCUT2D eigenvalue weighted by Crippen LogP contribution is -2.40. The molecule has 1 atom stereocenters. The van der Waals surface area contributed by atoms with E-state index in [0.717, 1.165) is 39.9 Å². The number of benzene rings is 2. The van der Waals surface area contributed by atoms with Gasteiger partial charge in [0.15, 0.2) is 11.5 Å². The number of ether oxygens (including phenoxy) is 2. The molecule has 4 aromatic rings. The van der Waals surface area contributed by atoms with Crippen molar-refractivity contribution in [2.45, 2.75) is 18.9 Å². The van der Waals surface area contributed by atoms with Crippen LogP contribution in [0, 0.1) is 0 Å². The second-order valence-corrected chi connectivity index (χ2v) is 9.05. The lowest BCUT2D eigenvalue weighted by atomic mass is 9.94. The molecule has 2 aliphatic heterocycles. The molecule has 0 saturated heterocycles. The Labute approximate surface area is 184 Å². The van der Waals surface area contributed by atoms with Crippen molar-refractivity contribution < 1.29 is 14.3 Å². The van der Waals surface area contributed by atoms with Crippen LogP contribution in [0.3, 0.4) is 0 Å². The zero-order valence-electron chi connectivity index (χ0n) is 17.2. The minimum Gasteiger partial charge on any atom is -0.454 e. The second-order valence-electron chi connectivity index (χ2n) is 8.10. The summed E-state index contributed by atoms with van der Waals surface area (Å²) in [4.78, 5) is 17.2. The van der Waals surface area contributed by atoms with Gasteiger partial charge in [0.05, 0.1) is 11.6 Å². The van der Waals surface area contributed by atoms with E-state index in [1.54, 1.807) is 11.3 Å². The maximum absolute atomic E-state index is 13.9. The first-order chi connectivity index (χ1) is 15.2. The van der Waals surface area contributed by atoms with Gasteiger partial charge in [0.2, 0.25) is 6.79 Å². The number of amides is 1.